The van der Waals surface area contributed by atoms with Crippen LogP contribution in [0.1, 0.15) is 28.8 Å². The van der Waals surface area contributed by atoms with E-state index in [2.05, 4.69) is 43.0 Å². The van der Waals surface area contributed by atoms with Gasteiger partial charge >= 0.3 is 0 Å². The van der Waals surface area contributed by atoms with Gasteiger partial charge < -0.3 is 14.6 Å². The van der Waals surface area contributed by atoms with Gasteiger partial charge in [-0.05, 0) is 49.9 Å². The van der Waals surface area contributed by atoms with E-state index >= 15 is 0 Å². The molecule has 4 rings (SSSR count). The predicted molar refractivity (Wildman–Crippen MR) is 109 cm³/mol. The largest absolute Gasteiger partial charge is 0.374 e. The van der Waals surface area contributed by atoms with Gasteiger partial charge in [-0.3, -0.25) is 9.48 Å². The summed E-state index contributed by atoms with van der Waals surface area (Å²) in [6, 6.07) is 6.17. The van der Waals surface area contributed by atoms with Crippen molar-refractivity contribution in [3.63, 3.8) is 0 Å². The molecule has 3 heterocycles. The molecule has 148 valence electrons. The van der Waals surface area contributed by atoms with E-state index in [1.165, 1.54) is 16.5 Å². The van der Waals surface area contributed by atoms with Crippen molar-refractivity contribution in [1.82, 2.24) is 19.7 Å². The number of rotatable bonds is 4. The van der Waals surface area contributed by atoms with Crippen LogP contribution in [0.15, 0.2) is 30.6 Å². The Morgan fingerprint density at radius 3 is 2.89 bits per heavy atom. The highest BCUT2D eigenvalue weighted by Crippen LogP contribution is 2.29. The molecule has 6 heteroatoms. The summed E-state index contributed by atoms with van der Waals surface area (Å²) in [5.74, 6) is 0.167. The molecule has 1 aliphatic heterocycles. The normalized spacial score (nSPS) is 17.8. The lowest BCUT2D eigenvalue weighted by atomic mass is 10.0. The van der Waals surface area contributed by atoms with Gasteiger partial charge in [0.15, 0.2) is 0 Å². The summed E-state index contributed by atoms with van der Waals surface area (Å²) in [5, 5.41) is 5.46. The van der Waals surface area contributed by atoms with Gasteiger partial charge in [0.2, 0.25) is 5.91 Å². The van der Waals surface area contributed by atoms with Gasteiger partial charge in [0.1, 0.15) is 0 Å². The van der Waals surface area contributed by atoms with Crippen molar-refractivity contribution in [1.29, 1.82) is 0 Å². The first-order valence-corrected chi connectivity index (χ1v) is 9.97. The van der Waals surface area contributed by atoms with E-state index in [1.807, 2.05) is 21.8 Å². The summed E-state index contributed by atoms with van der Waals surface area (Å²) in [5.41, 5.74) is 5.78. The number of H-pyrrole nitrogens is 1. The average Bonchev–Trinajstić information content (AvgIpc) is 3.21. The Kier molecular flexibility index (Phi) is 5.22. The fraction of sp³-hybridized carbons (Fsp3) is 0.455. The zero-order chi connectivity index (χ0) is 19.7. The number of aromatic amines is 1. The van der Waals surface area contributed by atoms with Crippen LogP contribution in [0.3, 0.4) is 0 Å². The molecule has 0 aliphatic carbocycles. The van der Waals surface area contributed by atoms with E-state index in [9.17, 15) is 4.79 Å². The van der Waals surface area contributed by atoms with Crippen molar-refractivity contribution in [2.45, 2.75) is 46.3 Å². The van der Waals surface area contributed by atoms with Crippen molar-refractivity contribution in [3.05, 3.63) is 53.0 Å². The van der Waals surface area contributed by atoms with Crippen LogP contribution < -0.4 is 0 Å². The minimum absolute atomic E-state index is 0.0283. The zero-order valence-electron chi connectivity index (χ0n) is 16.9. The van der Waals surface area contributed by atoms with Crippen molar-refractivity contribution in [3.8, 4) is 0 Å². The number of ether oxygens (including phenoxy) is 1. The summed E-state index contributed by atoms with van der Waals surface area (Å²) in [7, 11) is 0. The topological polar surface area (TPSA) is 63.1 Å². The molecule has 3 aromatic rings. The van der Waals surface area contributed by atoms with Gasteiger partial charge in [0, 0.05) is 48.7 Å². The number of hydrogen-bond acceptors (Lipinski definition) is 3. The SMILES string of the molecule is Cc1[nH]c2c(C)ccc(C)c2c1CC(=O)N1CCCO[C@H](Cn2cccn2)C1. The molecule has 1 atom stereocenters. The minimum atomic E-state index is -0.0283. The molecule has 1 N–H and O–H groups in total. The number of aryl methyl sites for hydroxylation is 3. The summed E-state index contributed by atoms with van der Waals surface area (Å²) < 4.78 is 7.83. The minimum Gasteiger partial charge on any atom is -0.374 e. The molecule has 0 unspecified atom stereocenters. The first-order chi connectivity index (χ1) is 13.5. The van der Waals surface area contributed by atoms with Crippen LogP contribution in [0.25, 0.3) is 10.9 Å². The predicted octanol–water partition coefficient (Wildman–Crippen LogP) is 3.15. The van der Waals surface area contributed by atoms with Crippen molar-refractivity contribution >= 4 is 16.8 Å². The van der Waals surface area contributed by atoms with E-state index in [0.29, 0.717) is 26.1 Å². The van der Waals surface area contributed by atoms with Crippen LogP contribution in [-0.4, -0.2) is 51.4 Å². The number of benzene rings is 1. The molecule has 1 aliphatic rings. The van der Waals surface area contributed by atoms with E-state index < -0.39 is 0 Å². The van der Waals surface area contributed by atoms with Crippen LogP contribution in [-0.2, 0) is 22.5 Å². The van der Waals surface area contributed by atoms with Crippen LogP contribution >= 0.6 is 0 Å². The van der Waals surface area contributed by atoms with E-state index in [4.69, 9.17) is 4.74 Å². The third kappa shape index (κ3) is 3.69. The van der Waals surface area contributed by atoms with Gasteiger partial charge in [-0.1, -0.05) is 12.1 Å². The Morgan fingerprint density at radius 2 is 2.11 bits per heavy atom. The van der Waals surface area contributed by atoms with Crippen LogP contribution in [0.5, 0.6) is 0 Å². The Bertz CT molecular complexity index is 974. The Morgan fingerprint density at radius 1 is 1.29 bits per heavy atom. The lowest BCUT2D eigenvalue weighted by Crippen LogP contribution is -2.39. The number of nitrogens with one attached hydrogen (secondary N) is 1. The molecule has 0 saturated carbocycles. The lowest BCUT2D eigenvalue weighted by Gasteiger charge is -2.24. The van der Waals surface area contributed by atoms with Crippen molar-refractivity contribution in [2.24, 2.45) is 0 Å². The maximum absolute atomic E-state index is 13.2. The highest BCUT2D eigenvalue weighted by Gasteiger charge is 2.25. The zero-order valence-corrected chi connectivity index (χ0v) is 16.9. The Balaban J connectivity index is 1.53. The quantitative estimate of drug-likeness (QED) is 0.756. The molecular formula is C22H28N4O2. The lowest BCUT2D eigenvalue weighted by molar-refractivity contribution is -0.131. The second-order valence-electron chi connectivity index (χ2n) is 7.77. The van der Waals surface area contributed by atoms with Gasteiger partial charge in [-0.25, -0.2) is 0 Å². The second kappa shape index (κ2) is 7.80. The summed E-state index contributed by atoms with van der Waals surface area (Å²) >= 11 is 0. The molecule has 0 radical (unpaired) electrons. The van der Waals surface area contributed by atoms with E-state index in [-0.39, 0.29) is 12.0 Å². The first-order valence-electron chi connectivity index (χ1n) is 9.97. The van der Waals surface area contributed by atoms with E-state index in [1.54, 1.807) is 6.20 Å². The van der Waals surface area contributed by atoms with Gasteiger partial charge in [0.05, 0.1) is 19.1 Å². The van der Waals surface area contributed by atoms with Crippen molar-refractivity contribution < 1.29 is 9.53 Å². The number of aromatic nitrogens is 3. The highest BCUT2D eigenvalue weighted by molar-refractivity contribution is 5.93. The Labute approximate surface area is 165 Å². The number of amides is 1. The number of nitrogens with zero attached hydrogens (tertiary/aromatic N) is 3. The standard InChI is InChI=1S/C22H28N4O2/c1-15-6-7-16(2)22-21(15)19(17(3)24-22)12-20(27)25-9-5-11-28-18(13-25)14-26-10-4-8-23-26/h4,6-8,10,18,24H,5,9,11-14H2,1-3H3/t18-/m0/s1. The first kappa shape index (κ1) is 18.7. The fourth-order valence-electron chi connectivity index (χ4n) is 4.14. The molecule has 28 heavy (non-hydrogen) atoms. The number of hydrogen-bond donors (Lipinski definition) is 1. The third-order valence-electron chi connectivity index (χ3n) is 5.67. The molecular weight excluding hydrogens is 352 g/mol. The fourth-order valence-corrected chi connectivity index (χ4v) is 4.14. The molecule has 1 amide bonds. The van der Waals surface area contributed by atoms with Crippen LogP contribution in [0, 0.1) is 20.8 Å². The molecule has 6 nitrogen and oxygen atoms in total. The van der Waals surface area contributed by atoms with Gasteiger partial charge in [-0.2, -0.15) is 5.10 Å². The van der Waals surface area contributed by atoms with Gasteiger partial charge in [-0.15, -0.1) is 0 Å². The molecule has 1 aromatic carbocycles. The average molecular weight is 380 g/mol. The maximum atomic E-state index is 13.2. The Hall–Kier alpha value is -2.60. The number of fused-ring (bicyclic) bond motifs is 1. The highest BCUT2D eigenvalue weighted by atomic mass is 16.5. The smallest absolute Gasteiger partial charge is 0.227 e. The molecule has 1 fully saturated rings. The second-order valence-corrected chi connectivity index (χ2v) is 7.77. The summed E-state index contributed by atoms with van der Waals surface area (Å²) in [6.45, 7) is 8.99. The summed E-state index contributed by atoms with van der Waals surface area (Å²) in [6.07, 6.45) is 4.96. The van der Waals surface area contributed by atoms with Crippen LogP contribution in [0.4, 0.5) is 0 Å². The molecule has 1 saturated heterocycles. The summed E-state index contributed by atoms with van der Waals surface area (Å²) in [4.78, 5) is 18.6. The van der Waals surface area contributed by atoms with Crippen molar-refractivity contribution in [2.75, 3.05) is 19.7 Å². The van der Waals surface area contributed by atoms with Crippen LogP contribution in [0.2, 0.25) is 0 Å². The monoisotopic (exact) mass is 380 g/mol. The third-order valence-corrected chi connectivity index (χ3v) is 5.67. The van der Waals surface area contributed by atoms with Gasteiger partial charge in [0.25, 0.3) is 0 Å². The molecule has 0 spiro atoms. The number of carbonyl (C=O) groups is 1. The maximum Gasteiger partial charge on any atom is 0.227 e. The molecule has 0 bridgehead atoms. The molecule has 2 aromatic heterocycles. The number of carbonyl (C=O) groups excluding carboxylic acids is 1. The van der Waals surface area contributed by atoms with E-state index in [0.717, 1.165) is 29.7 Å².